The Kier molecular flexibility index (Phi) is 5.33. The van der Waals surface area contributed by atoms with Crippen LogP contribution in [0.1, 0.15) is 32.1 Å². The number of urea groups is 1. The Balaban J connectivity index is 1.39. The van der Waals surface area contributed by atoms with Gasteiger partial charge in [-0.25, -0.2) is 4.79 Å². The third kappa shape index (κ3) is 4.44. The SMILES string of the molecule is Cn1nnc(-c2ccc(NC(=O)N(CC3CCC3)C[C@H]3CCCO3)cc2)n1. The molecule has 0 radical (unpaired) electrons. The minimum atomic E-state index is -0.0530. The van der Waals surface area contributed by atoms with Crippen molar-refractivity contribution in [2.45, 2.75) is 38.2 Å². The van der Waals surface area contributed by atoms with Crippen LogP contribution >= 0.6 is 0 Å². The van der Waals surface area contributed by atoms with E-state index in [1.165, 1.54) is 24.1 Å². The molecular weight excluding hydrogens is 344 g/mol. The van der Waals surface area contributed by atoms with Crippen LogP contribution in [0.25, 0.3) is 11.4 Å². The molecule has 1 saturated carbocycles. The fourth-order valence-electron chi connectivity index (χ4n) is 3.57. The van der Waals surface area contributed by atoms with Gasteiger partial charge in [0.15, 0.2) is 0 Å². The number of tetrazole rings is 1. The normalized spacial score (nSPS) is 19.7. The molecule has 1 aliphatic heterocycles. The van der Waals surface area contributed by atoms with Gasteiger partial charge in [-0.2, -0.15) is 4.80 Å². The minimum Gasteiger partial charge on any atom is -0.376 e. The fourth-order valence-corrected chi connectivity index (χ4v) is 3.57. The molecule has 2 aliphatic rings. The Morgan fingerprint density at radius 2 is 2.04 bits per heavy atom. The van der Waals surface area contributed by atoms with Gasteiger partial charge in [0.25, 0.3) is 0 Å². The number of ether oxygens (including phenoxy) is 1. The van der Waals surface area contributed by atoms with Gasteiger partial charge in [0.2, 0.25) is 5.82 Å². The minimum absolute atomic E-state index is 0.0530. The summed E-state index contributed by atoms with van der Waals surface area (Å²) in [6, 6.07) is 7.48. The first-order valence-electron chi connectivity index (χ1n) is 9.69. The molecule has 1 aliphatic carbocycles. The highest BCUT2D eigenvalue weighted by Gasteiger charge is 2.27. The molecule has 0 spiro atoms. The third-order valence-corrected chi connectivity index (χ3v) is 5.34. The van der Waals surface area contributed by atoms with E-state index in [-0.39, 0.29) is 12.1 Å². The molecule has 1 N–H and O–H groups in total. The van der Waals surface area contributed by atoms with E-state index in [0.29, 0.717) is 18.3 Å². The molecule has 1 aromatic heterocycles. The monoisotopic (exact) mass is 370 g/mol. The van der Waals surface area contributed by atoms with Crippen molar-refractivity contribution in [3.05, 3.63) is 24.3 Å². The molecule has 0 bridgehead atoms. The topological polar surface area (TPSA) is 85.2 Å². The molecular formula is C19H26N6O2. The zero-order valence-electron chi connectivity index (χ0n) is 15.7. The summed E-state index contributed by atoms with van der Waals surface area (Å²) >= 11 is 0. The molecule has 1 aromatic carbocycles. The molecule has 2 aromatic rings. The summed E-state index contributed by atoms with van der Waals surface area (Å²) in [7, 11) is 1.73. The fraction of sp³-hybridized carbons (Fsp3) is 0.579. The molecule has 2 amide bonds. The molecule has 8 nitrogen and oxygen atoms in total. The van der Waals surface area contributed by atoms with Crippen LogP contribution in [0, 0.1) is 5.92 Å². The van der Waals surface area contributed by atoms with E-state index in [0.717, 1.165) is 37.2 Å². The summed E-state index contributed by atoms with van der Waals surface area (Å²) < 4.78 is 5.74. The quantitative estimate of drug-likeness (QED) is 0.845. The second-order valence-electron chi connectivity index (χ2n) is 7.45. The summed E-state index contributed by atoms with van der Waals surface area (Å²) in [5, 5.41) is 15.1. The highest BCUT2D eigenvalue weighted by molar-refractivity contribution is 5.89. The third-order valence-electron chi connectivity index (χ3n) is 5.34. The summed E-state index contributed by atoms with van der Waals surface area (Å²) in [5.74, 6) is 1.20. The van der Waals surface area contributed by atoms with Crippen LogP contribution in [0.5, 0.6) is 0 Å². The Morgan fingerprint density at radius 1 is 1.22 bits per heavy atom. The van der Waals surface area contributed by atoms with Crippen LogP contribution in [0.15, 0.2) is 24.3 Å². The second kappa shape index (κ2) is 8.04. The summed E-state index contributed by atoms with van der Waals surface area (Å²) in [4.78, 5) is 16.2. The van der Waals surface area contributed by atoms with Crippen LogP contribution in [0.3, 0.4) is 0 Å². The van der Waals surface area contributed by atoms with Crippen LogP contribution in [-0.2, 0) is 11.8 Å². The van der Waals surface area contributed by atoms with E-state index >= 15 is 0 Å². The molecule has 8 heteroatoms. The number of nitrogens with zero attached hydrogens (tertiary/aromatic N) is 5. The van der Waals surface area contributed by atoms with E-state index in [9.17, 15) is 4.79 Å². The van der Waals surface area contributed by atoms with Crippen molar-refractivity contribution in [2.24, 2.45) is 13.0 Å². The van der Waals surface area contributed by atoms with Crippen LogP contribution in [-0.4, -0.2) is 56.9 Å². The van der Waals surface area contributed by atoms with Crippen molar-refractivity contribution in [1.29, 1.82) is 0 Å². The van der Waals surface area contributed by atoms with Gasteiger partial charge in [0, 0.05) is 30.9 Å². The number of hydrogen-bond donors (Lipinski definition) is 1. The lowest BCUT2D eigenvalue weighted by Gasteiger charge is -2.33. The van der Waals surface area contributed by atoms with Crippen LogP contribution in [0.2, 0.25) is 0 Å². The highest BCUT2D eigenvalue weighted by atomic mass is 16.5. The molecule has 1 saturated heterocycles. The van der Waals surface area contributed by atoms with E-state index in [1.807, 2.05) is 29.2 Å². The lowest BCUT2D eigenvalue weighted by molar-refractivity contribution is 0.0748. The number of amides is 2. The van der Waals surface area contributed by atoms with E-state index in [2.05, 4.69) is 20.7 Å². The van der Waals surface area contributed by atoms with Crippen molar-refractivity contribution in [2.75, 3.05) is 25.0 Å². The van der Waals surface area contributed by atoms with E-state index in [4.69, 9.17) is 4.74 Å². The first-order chi connectivity index (χ1) is 13.2. The number of carbonyl (C=O) groups excluding carboxylic acids is 1. The number of benzene rings is 1. The van der Waals surface area contributed by atoms with Gasteiger partial charge in [-0.15, -0.1) is 10.2 Å². The lowest BCUT2D eigenvalue weighted by Crippen LogP contribution is -2.44. The van der Waals surface area contributed by atoms with Crippen molar-refractivity contribution in [1.82, 2.24) is 25.1 Å². The number of carbonyl (C=O) groups is 1. The van der Waals surface area contributed by atoms with Gasteiger partial charge in [-0.1, -0.05) is 6.42 Å². The standard InChI is InChI=1S/C19H26N6O2/c1-24-22-18(21-23-24)15-7-9-16(10-8-15)20-19(26)25(12-14-4-2-5-14)13-17-6-3-11-27-17/h7-10,14,17H,2-6,11-13H2,1H3,(H,20,26)/t17-/m1/s1. The van der Waals surface area contributed by atoms with Crippen molar-refractivity contribution in [3.63, 3.8) is 0 Å². The van der Waals surface area contributed by atoms with Gasteiger partial charge in [-0.3, -0.25) is 0 Å². The Labute approximate surface area is 158 Å². The second-order valence-corrected chi connectivity index (χ2v) is 7.45. The van der Waals surface area contributed by atoms with Crippen molar-refractivity contribution >= 4 is 11.7 Å². The van der Waals surface area contributed by atoms with Gasteiger partial charge in [-0.05, 0) is 61.1 Å². The molecule has 2 fully saturated rings. The molecule has 144 valence electrons. The summed E-state index contributed by atoms with van der Waals surface area (Å²) in [5.41, 5.74) is 1.63. The molecule has 2 heterocycles. The zero-order valence-corrected chi connectivity index (χ0v) is 15.7. The van der Waals surface area contributed by atoms with Crippen LogP contribution in [0.4, 0.5) is 10.5 Å². The number of anilines is 1. The van der Waals surface area contributed by atoms with Crippen LogP contribution < -0.4 is 5.32 Å². The van der Waals surface area contributed by atoms with Crippen molar-refractivity contribution < 1.29 is 9.53 Å². The predicted molar refractivity (Wildman–Crippen MR) is 101 cm³/mol. The van der Waals surface area contributed by atoms with E-state index in [1.54, 1.807) is 7.05 Å². The molecule has 0 unspecified atom stereocenters. The van der Waals surface area contributed by atoms with Crippen molar-refractivity contribution in [3.8, 4) is 11.4 Å². The summed E-state index contributed by atoms with van der Waals surface area (Å²) in [6.07, 6.45) is 6.00. The zero-order chi connectivity index (χ0) is 18.6. The number of hydrogen-bond acceptors (Lipinski definition) is 5. The maximum absolute atomic E-state index is 12.9. The average Bonchev–Trinajstić information content (AvgIpc) is 3.29. The Hall–Kier alpha value is -2.48. The summed E-state index contributed by atoms with van der Waals surface area (Å²) in [6.45, 7) is 2.29. The highest BCUT2D eigenvalue weighted by Crippen LogP contribution is 2.28. The van der Waals surface area contributed by atoms with Gasteiger partial charge >= 0.3 is 6.03 Å². The van der Waals surface area contributed by atoms with Gasteiger partial charge < -0.3 is 15.0 Å². The molecule has 4 rings (SSSR count). The maximum Gasteiger partial charge on any atom is 0.321 e. The Morgan fingerprint density at radius 3 is 2.63 bits per heavy atom. The van der Waals surface area contributed by atoms with E-state index < -0.39 is 0 Å². The maximum atomic E-state index is 12.9. The first kappa shape index (κ1) is 17.9. The number of rotatable bonds is 6. The number of aryl methyl sites for hydroxylation is 1. The number of aromatic nitrogens is 4. The Bertz CT molecular complexity index is 765. The first-order valence-corrected chi connectivity index (χ1v) is 9.69. The van der Waals surface area contributed by atoms with Gasteiger partial charge in [0.1, 0.15) is 0 Å². The smallest absolute Gasteiger partial charge is 0.321 e. The van der Waals surface area contributed by atoms with Gasteiger partial charge in [0.05, 0.1) is 13.2 Å². The predicted octanol–water partition coefficient (Wildman–Crippen LogP) is 2.69. The molecule has 1 atom stereocenters. The largest absolute Gasteiger partial charge is 0.376 e. The number of nitrogens with one attached hydrogen (secondary N) is 1. The lowest BCUT2D eigenvalue weighted by atomic mass is 9.85. The molecule has 27 heavy (non-hydrogen) atoms. The average molecular weight is 370 g/mol.